The van der Waals surface area contributed by atoms with Gasteiger partial charge in [-0.25, -0.2) is 0 Å². The Kier molecular flexibility index (Phi) is 10.6. The molecule has 334 valence electrons. The molecule has 1 aromatic heterocycles. The molecule has 2 nitrogen and oxygen atoms in total. The molecule has 0 saturated carbocycles. The summed E-state index contributed by atoms with van der Waals surface area (Å²) < 4.78 is 2.42. The van der Waals surface area contributed by atoms with E-state index in [2.05, 4.69) is 301 Å². The maximum absolute atomic E-state index is 2.89. The fraction of sp³-hybridized carbons (Fsp3) is 0. The molecule has 0 spiro atoms. The van der Waals surface area contributed by atoms with Crippen molar-refractivity contribution in [3.8, 4) is 27.9 Å². The van der Waals surface area contributed by atoms with Crippen molar-refractivity contribution in [2.45, 2.75) is 0 Å². The summed E-state index contributed by atoms with van der Waals surface area (Å²) in [6, 6.07) is 108. The fourth-order valence-electron chi connectivity index (χ4n) is 11.5. The molecule has 0 aliphatic carbocycles. The molecule has 0 amide bonds. The van der Waals surface area contributed by atoms with Gasteiger partial charge in [0.1, 0.15) is 0 Å². The Morgan fingerprint density at radius 1 is 0.282 bits per heavy atom. The predicted molar refractivity (Wildman–Crippen MR) is 305 cm³/mol. The van der Waals surface area contributed by atoms with E-state index in [1.165, 1.54) is 80.8 Å². The van der Waals surface area contributed by atoms with Crippen LogP contribution in [0.3, 0.4) is 0 Å². The Morgan fingerprint density at radius 2 is 0.704 bits per heavy atom. The highest BCUT2D eigenvalue weighted by Crippen LogP contribution is 2.47. The lowest BCUT2D eigenvalue weighted by Crippen LogP contribution is -2.74. The van der Waals surface area contributed by atoms with Gasteiger partial charge >= 0.3 is 0 Å². The zero-order chi connectivity index (χ0) is 47.1. The Labute approximate surface area is 415 Å². The van der Waals surface area contributed by atoms with Gasteiger partial charge in [-0.05, 0) is 119 Å². The summed E-state index contributed by atoms with van der Waals surface area (Å²) in [7, 11) is -2.89. The van der Waals surface area contributed by atoms with Crippen LogP contribution in [0.5, 0.6) is 0 Å². The van der Waals surface area contributed by atoms with Crippen molar-refractivity contribution >= 4 is 89.2 Å². The largest absolute Gasteiger partial charge is 0.310 e. The molecule has 13 rings (SSSR count). The molecule has 1 heterocycles. The summed E-state index contributed by atoms with van der Waals surface area (Å²) in [6.07, 6.45) is 0. The van der Waals surface area contributed by atoms with Gasteiger partial charge in [0.15, 0.2) is 8.07 Å². The van der Waals surface area contributed by atoms with Crippen LogP contribution in [-0.4, -0.2) is 12.6 Å². The van der Waals surface area contributed by atoms with E-state index in [-0.39, 0.29) is 0 Å². The van der Waals surface area contributed by atoms with Crippen LogP contribution in [0.1, 0.15) is 0 Å². The second kappa shape index (κ2) is 17.8. The molecular weight excluding hydrogens is 873 g/mol. The lowest BCUT2D eigenvalue weighted by Gasteiger charge is -2.35. The van der Waals surface area contributed by atoms with E-state index in [4.69, 9.17) is 0 Å². The molecule has 0 atom stereocenters. The molecule has 13 aromatic rings. The van der Waals surface area contributed by atoms with Crippen molar-refractivity contribution in [2.75, 3.05) is 4.90 Å². The van der Waals surface area contributed by atoms with Crippen LogP contribution in [0.25, 0.3) is 71.3 Å². The molecular formula is C68H48N2Si. The molecule has 71 heavy (non-hydrogen) atoms. The minimum Gasteiger partial charge on any atom is -0.310 e. The number of benzene rings is 12. The first kappa shape index (κ1) is 42.1. The van der Waals surface area contributed by atoms with Crippen molar-refractivity contribution in [2.24, 2.45) is 0 Å². The number of rotatable bonds is 10. The summed E-state index contributed by atoms with van der Waals surface area (Å²) in [5.41, 5.74) is 11.6. The minimum atomic E-state index is -2.89. The minimum absolute atomic E-state index is 1.08. The van der Waals surface area contributed by atoms with E-state index < -0.39 is 8.07 Å². The van der Waals surface area contributed by atoms with Crippen molar-refractivity contribution < 1.29 is 0 Å². The average molecular weight is 921 g/mol. The monoisotopic (exact) mass is 920 g/mol. The number of anilines is 3. The van der Waals surface area contributed by atoms with Crippen molar-refractivity contribution in [3.63, 3.8) is 0 Å². The van der Waals surface area contributed by atoms with E-state index in [1.807, 2.05) is 0 Å². The summed E-state index contributed by atoms with van der Waals surface area (Å²) in [5, 5.41) is 12.8. The van der Waals surface area contributed by atoms with Gasteiger partial charge in [-0.15, -0.1) is 0 Å². The first-order valence-electron chi connectivity index (χ1n) is 24.5. The molecule has 0 radical (unpaired) electrons. The van der Waals surface area contributed by atoms with E-state index >= 15 is 0 Å². The van der Waals surface area contributed by atoms with Crippen LogP contribution >= 0.6 is 0 Å². The second-order valence-electron chi connectivity index (χ2n) is 18.3. The average Bonchev–Trinajstić information content (AvgIpc) is 3.80. The highest BCUT2D eigenvalue weighted by atomic mass is 28.3. The molecule has 3 heteroatoms. The van der Waals surface area contributed by atoms with E-state index in [0.717, 1.165) is 28.3 Å². The third-order valence-corrected chi connectivity index (χ3v) is 19.3. The standard InChI is InChI=1S/C68H48N2Si/c1-6-24-49(25-7-1)66-60-38-18-16-36-58(60)59-37-17-19-39-61(59)67(66)50-44-46-52(47-45-50)69(64-42-23-43-65-68(64)62-40-20-21-41-63(62)70(65)51-26-8-2-9-27-51)53-28-22-35-57(48-53)71(54-29-10-3-11-30-54,55-31-12-4-13-32-55)56-33-14-5-15-34-56/h1-48H. The summed E-state index contributed by atoms with van der Waals surface area (Å²) >= 11 is 0. The first-order chi connectivity index (χ1) is 35.3. The SMILES string of the molecule is c1ccc(-c2c(-c3ccc(N(c4cccc([Si](c5ccccc5)(c5ccccc5)c5ccccc5)c4)c4cccc5c4c4ccccc4n5-c4ccccc4)cc3)c3ccccc3c3ccccc23)cc1. The van der Waals surface area contributed by atoms with Gasteiger partial charge in [-0.2, -0.15) is 0 Å². The van der Waals surface area contributed by atoms with Crippen LogP contribution in [-0.2, 0) is 0 Å². The number of hydrogen-bond donors (Lipinski definition) is 0. The van der Waals surface area contributed by atoms with Crippen LogP contribution in [0, 0.1) is 0 Å². The predicted octanol–water partition coefficient (Wildman–Crippen LogP) is 15.3. The van der Waals surface area contributed by atoms with E-state index in [9.17, 15) is 0 Å². The van der Waals surface area contributed by atoms with Gasteiger partial charge in [0.2, 0.25) is 0 Å². The second-order valence-corrected chi connectivity index (χ2v) is 22.2. The van der Waals surface area contributed by atoms with Crippen LogP contribution in [0.2, 0.25) is 0 Å². The van der Waals surface area contributed by atoms with Gasteiger partial charge in [0, 0.05) is 27.8 Å². The summed E-state index contributed by atoms with van der Waals surface area (Å²) in [4.78, 5) is 2.51. The number of hydrogen-bond acceptors (Lipinski definition) is 1. The van der Waals surface area contributed by atoms with Crippen molar-refractivity contribution in [1.82, 2.24) is 4.57 Å². The Balaban J connectivity index is 1.09. The zero-order valence-electron chi connectivity index (χ0n) is 39.1. The van der Waals surface area contributed by atoms with Crippen LogP contribution in [0.4, 0.5) is 17.1 Å². The molecule has 0 fully saturated rings. The molecule has 0 N–H and O–H groups in total. The molecule has 0 unspecified atom stereocenters. The van der Waals surface area contributed by atoms with Crippen LogP contribution < -0.4 is 25.6 Å². The topological polar surface area (TPSA) is 8.17 Å². The van der Waals surface area contributed by atoms with Crippen molar-refractivity contribution in [3.05, 3.63) is 291 Å². The van der Waals surface area contributed by atoms with Gasteiger partial charge in [-0.3, -0.25) is 0 Å². The van der Waals surface area contributed by atoms with Crippen molar-refractivity contribution in [1.29, 1.82) is 0 Å². The summed E-state index contributed by atoms with van der Waals surface area (Å²) in [6.45, 7) is 0. The van der Waals surface area contributed by atoms with E-state index in [1.54, 1.807) is 0 Å². The molecule has 0 bridgehead atoms. The third-order valence-electron chi connectivity index (χ3n) is 14.5. The Hall–Kier alpha value is -9.02. The number of aromatic nitrogens is 1. The number of fused-ring (bicyclic) bond motifs is 6. The zero-order valence-corrected chi connectivity index (χ0v) is 40.1. The highest BCUT2D eigenvalue weighted by Gasteiger charge is 2.41. The quantitative estimate of drug-likeness (QED) is 0.0754. The number of para-hydroxylation sites is 2. The maximum atomic E-state index is 2.51. The van der Waals surface area contributed by atoms with Crippen LogP contribution in [0.15, 0.2) is 291 Å². The Morgan fingerprint density at radius 3 is 1.27 bits per heavy atom. The highest BCUT2D eigenvalue weighted by molar-refractivity contribution is 7.19. The maximum Gasteiger partial charge on any atom is 0.179 e. The lowest BCUT2D eigenvalue weighted by atomic mass is 9.85. The third kappa shape index (κ3) is 7.01. The number of nitrogens with zero attached hydrogens (tertiary/aromatic N) is 2. The van der Waals surface area contributed by atoms with E-state index in [0.29, 0.717) is 0 Å². The molecule has 0 aliphatic heterocycles. The molecule has 0 saturated heterocycles. The lowest BCUT2D eigenvalue weighted by molar-refractivity contribution is 1.18. The molecule has 0 aliphatic rings. The summed E-state index contributed by atoms with van der Waals surface area (Å²) in [5.74, 6) is 0. The van der Waals surface area contributed by atoms with Gasteiger partial charge < -0.3 is 9.47 Å². The van der Waals surface area contributed by atoms with Gasteiger partial charge in [0.05, 0.1) is 16.7 Å². The fourth-order valence-corrected chi connectivity index (χ4v) is 16.3. The molecule has 12 aromatic carbocycles. The van der Waals surface area contributed by atoms with Gasteiger partial charge in [0.25, 0.3) is 0 Å². The first-order valence-corrected chi connectivity index (χ1v) is 26.5. The smallest absolute Gasteiger partial charge is 0.179 e. The normalized spacial score (nSPS) is 11.7. The van der Waals surface area contributed by atoms with Gasteiger partial charge in [-0.1, -0.05) is 237 Å². The Bertz CT molecular complexity index is 3920.